The van der Waals surface area contributed by atoms with Crippen LogP contribution in [0.25, 0.3) is 22.4 Å². The topological polar surface area (TPSA) is 58.1 Å². The highest BCUT2D eigenvalue weighted by Crippen LogP contribution is 2.35. The van der Waals surface area contributed by atoms with E-state index >= 15 is 0 Å². The zero-order chi connectivity index (χ0) is 19.1. The smallest absolute Gasteiger partial charge is 0.262 e. The van der Waals surface area contributed by atoms with Crippen LogP contribution in [0, 0.1) is 0 Å². The number of thiazole rings is 1. The first-order valence-electron chi connectivity index (χ1n) is 9.42. The Kier molecular flexibility index (Phi) is 4.31. The molecule has 7 heteroatoms. The maximum Gasteiger partial charge on any atom is 0.262 e. The van der Waals surface area contributed by atoms with Crippen LogP contribution in [0.3, 0.4) is 0 Å². The molecule has 3 heterocycles. The number of pyridine rings is 1. The molecule has 0 spiro atoms. The van der Waals surface area contributed by atoms with Gasteiger partial charge in [0.15, 0.2) is 11.3 Å². The number of nitrogens with zero attached hydrogens (tertiary/aromatic N) is 3. The Bertz CT molecular complexity index is 1020. The summed E-state index contributed by atoms with van der Waals surface area (Å²) in [5, 5.41) is 6.46. The SMILES string of the molecule is O=C1C(F)CCN1c1ccc(-c2ccccc2-c2csc(NC3CC3)n2)cn1. The molecule has 0 bridgehead atoms. The largest absolute Gasteiger partial charge is 0.359 e. The maximum absolute atomic E-state index is 13.5. The van der Waals surface area contributed by atoms with Crippen molar-refractivity contribution in [1.82, 2.24) is 9.97 Å². The number of carbonyl (C=O) groups excluding carboxylic acids is 1. The fourth-order valence-electron chi connectivity index (χ4n) is 3.40. The molecule has 5 nitrogen and oxygen atoms in total. The Hall–Kier alpha value is -2.80. The van der Waals surface area contributed by atoms with Crippen LogP contribution in [0.5, 0.6) is 0 Å². The molecule has 1 amide bonds. The monoisotopic (exact) mass is 394 g/mol. The van der Waals surface area contributed by atoms with E-state index in [4.69, 9.17) is 4.98 Å². The molecule has 28 heavy (non-hydrogen) atoms. The molecule has 2 aliphatic rings. The van der Waals surface area contributed by atoms with Crippen molar-refractivity contribution in [2.45, 2.75) is 31.5 Å². The molecule has 1 saturated carbocycles. The second kappa shape index (κ2) is 6.98. The molecule has 2 aromatic heterocycles. The summed E-state index contributed by atoms with van der Waals surface area (Å²) in [5.41, 5.74) is 3.94. The molecular weight excluding hydrogens is 375 g/mol. The van der Waals surface area contributed by atoms with Gasteiger partial charge in [-0.05, 0) is 30.5 Å². The van der Waals surface area contributed by atoms with Crippen molar-refractivity contribution in [3.8, 4) is 22.4 Å². The number of amides is 1. The Labute approximate surface area is 166 Å². The van der Waals surface area contributed by atoms with Gasteiger partial charge in [-0.2, -0.15) is 0 Å². The quantitative estimate of drug-likeness (QED) is 0.691. The highest BCUT2D eigenvalue weighted by molar-refractivity contribution is 7.14. The Morgan fingerprint density at radius 1 is 1.11 bits per heavy atom. The number of hydrogen-bond donors (Lipinski definition) is 1. The van der Waals surface area contributed by atoms with E-state index in [1.54, 1.807) is 23.6 Å². The number of benzene rings is 1. The van der Waals surface area contributed by atoms with Crippen molar-refractivity contribution < 1.29 is 9.18 Å². The van der Waals surface area contributed by atoms with Crippen molar-refractivity contribution in [2.24, 2.45) is 0 Å². The Morgan fingerprint density at radius 2 is 1.93 bits per heavy atom. The van der Waals surface area contributed by atoms with Crippen LogP contribution in [-0.2, 0) is 4.79 Å². The second-order valence-electron chi connectivity index (χ2n) is 7.15. The van der Waals surface area contributed by atoms with Crippen LogP contribution in [0.15, 0.2) is 48.0 Å². The van der Waals surface area contributed by atoms with Crippen molar-refractivity contribution in [2.75, 3.05) is 16.8 Å². The van der Waals surface area contributed by atoms with E-state index in [0.29, 0.717) is 18.4 Å². The van der Waals surface area contributed by atoms with E-state index in [1.807, 2.05) is 24.3 Å². The summed E-state index contributed by atoms with van der Waals surface area (Å²) in [4.78, 5) is 22.4. The minimum atomic E-state index is -1.41. The second-order valence-corrected chi connectivity index (χ2v) is 8.01. The van der Waals surface area contributed by atoms with Gasteiger partial charge in [0.05, 0.1) is 5.69 Å². The Balaban J connectivity index is 1.43. The highest BCUT2D eigenvalue weighted by Gasteiger charge is 2.33. The summed E-state index contributed by atoms with van der Waals surface area (Å²) in [7, 11) is 0. The van der Waals surface area contributed by atoms with E-state index in [1.165, 1.54) is 17.7 Å². The zero-order valence-corrected chi connectivity index (χ0v) is 16.0. The number of alkyl halides is 1. The van der Waals surface area contributed by atoms with E-state index < -0.39 is 12.1 Å². The number of aromatic nitrogens is 2. The number of nitrogens with one attached hydrogen (secondary N) is 1. The zero-order valence-electron chi connectivity index (χ0n) is 15.1. The molecule has 1 saturated heterocycles. The van der Waals surface area contributed by atoms with Gasteiger partial charge in [0.1, 0.15) is 5.82 Å². The van der Waals surface area contributed by atoms with Crippen molar-refractivity contribution in [3.63, 3.8) is 0 Å². The molecule has 1 unspecified atom stereocenters. The third-order valence-electron chi connectivity index (χ3n) is 5.09. The summed E-state index contributed by atoms with van der Waals surface area (Å²) < 4.78 is 13.5. The third kappa shape index (κ3) is 3.26. The number of rotatable bonds is 5. The average molecular weight is 394 g/mol. The summed E-state index contributed by atoms with van der Waals surface area (Å²) in [6.45, 7) is 0.374. The van der Waals surface area contributed by atoms with Crippen LogP contribution < -0.4 is 10.2 Å². The summed E-state index contributed by atoms with van der Waals surface area (Å²) in [5.74, 6) is -0.00484. The first-order valence-corrected chi connectivity index (χ1v) is 10.3. The van der Waals surface area contributed by atoms with Crippen molar-refractivity contribution in [1.29, 1.82) is 0 Å². The molecule has 3 aromatic rings. The molecule has 2 fully saturated rings. The molecule has 1 atom stereocenters. The van der Waals surface area contributed by atoms with Gasteiger partial charge in [0.25, 0.3) is 5.91 Å². The van der Waals surface area contributed by atoms with E-state index in [9.17, 15) is 9.18 Å². The molecule has 142 valence electrons. The summed E-state index contributed by atoms with van der Waals surface area (Å²) in [6.07, 6.45) is 2.98. The van der Waals surface area contributed by atoms with Crippen LogP contribution in [0.4, 0.5) is 15.3 Å². The number of halogens is 1. The van der Waals surface area contributed by atoms with Crippen LogP contribution >= 0.6 is 11.3 Å². The fourth-order valence-corrected chi connectivity index (χ4v) is 4.19. The summed E-state index contributed by atoms with van der Waals surface area (Å²) in [6, 6.07) is 12.4. The van der Waals surface area contributed by atoms with Gasteiger partial charge in [-0.15, -0.1) is 11.3 Å². The third-order valence-corrected chi connectivity index (χ3v) is 5.86. The van der Waals surface area contributed by atoms with E-state index in [0.717, 1.165) is 27.5 Å². The van der Waals surface area contributed by atoms with Crippen LogP contribution in [-0.4, -0.2) is 34.6 Å². The highest BCUT2D eigenvalue weighted by atomic mass is 32.1. The lowest BCUT2D eigenvalue weighted by molar-refractivity contribution is -0.121. The average Bonchev–Trinajstić information content (AvgIpc) is 3.31. The molecule has 1 N–H and O–H groups in total. The number of carbonyl (C=O) groups is 1. The molecule has 5 rings (SSSR count). The minimum absolute atomic E-state index is 0.228. The van der Waals surface area contributed by atoms with Gasteiger partial charge in [0, 0.05) is 41.7 Å². The predicted molar refractivity (Wildman–Crippen MR) is 109 cm³/mol. The van der Waals surface area contributed by atoms with Gasteiger partial charge >= 0.3 is 0 Å². The Morgan fingerprint density at radius 3 is 2.61 bits per heavy atom. The van der Waals surface area contributed by atoms with Crippen molar-refractivity contribution >= 4 is 28.2 Å². The van der Waals surface area contributed by atoms with Gasteiger partial charge in [-0.3, -0.25) is 9.69 Å². The molecule has 1 aromatic carbocycles. The standard InChI is InChI=1S/C21H19FN4OS/c22-17-9-10-26(20(17)27)19-8-5-13(11-23-19)15-3-1-2-4-16(15)18-12-28-21(25-18)24-14-6-7-14/h1-5,8,11-12,14,17H,6-7,9-10H2,(H,24,25). The van der Waals surface area contributed by atoms with Gasteiger partial charge in [-0.1, -0.05) is 24.3 Å². The lowest BCUT2D eigenvalue weighted by atomic mass is 9.99. The maximum atomic E-state index is 13.5. The predicted octanol–water partition coefficient (Wildman–Crippen LogP) is 4.52. The first-order chi connectivity index (χ1) is 13.7. The van der Waals surface area contributed by atoms with Gasteiger partial charge in [-0.25, -0.2) is 14.4 Å². The van der Waals surface area contributed by atoms with Gasteiger partial charge in [0.2, 0.25) is 0 Å². The van der Waals surface area contributed by atoms with Crippen molar-refractivity contribution in [3.05, 3.63) is 48.0 Å². The lowest BCUT2D eigenvalue weighted by Gasteiger charge is -2.15. The summed E-state index contributed by atoms with van der Waals surface area (Å²) >= 11 is 1.62. The molecular formula is C21H19FN4OS. The molecule has 1 aliphatic carbocycles. The van der Waals surface area contributed by atoms with E-state index in [2.05, 4.69) is 21.7 Å². The minimum Gasteiger partial charge on any atom is -0.359 e. The van der Waals surface area contributed by atoms with E-state index in [-0.39, 0.29) is 6.42 Å². The van der Waals surface area contributed by atoms with Crippen LogP contribution in [0.1, 0.15) is 19.3 Å². The van der Waals surface area contributed by atoms with Crippen LogP contribution in [0.2, 0.25) is 0 Å². The normalized spacial score (nSPS) is 19.2. The first kappa shape index (κ1) is 17.3. The van der Waals surface area contributed by atoms with Gasteiger partial charge < -0.3 is 5.32 Å². The number of anilines is 2. The molecule has 1 aliphatic heterocycles. The lowest BCUT2D eigenvalue weighted by Crippen LogP contribution is -2.28. The number of hydrogen-bond acceptors (Lipinski definition) is 5. The fraction of sp³-hybridized carbons (Fsp3) is 0.286. The molecule has 0 radical (unpaired) electrons.